The largest absolute Gasteiger partial charge is 0.497 e. The van der Waals surface area contributed by atoms with Gasteiger partial charge in [-0.3, -0.25) is 0 Å². The third-order valence-corrected chi connectivity index (χ3v) is 4.86. The molecule has 0 aromatic heterocycles. The average molecular weight is 327 g/mol. The lowest BCUT2D eigenvalue weighted by Gasteiger charge is -2.17. The topological polar surface area (TPSA) is 46.6 Å². The van der Waals surface area contributed by atoms with Crippen molar-refractivity contribution in [2.24, 2.45) is 0 Å². The molecule has 2 aromatic carbocycles. The van der Waals surface area contributed by atoms with Crippen molar-refractivity contribution in [3.63, 3.8) is 0 Å². The highest BCUT2D eigenvalue weighted by atomic mass is 32.2. The minimum Gasteiger partial charge on any atom is -0.497 e. The Hall–Kier alpha value is -1.99. The number of hydrogen-bond acceptors (Lipinski definition) is 3. The van der Waals surface area contributed by atoms with E-state index in [1.807, 2.05) is 0 Å². The van der Waals surface area contributed by atoms with Gasteiger partial charge in [0.05, 0.1) is 12.0 Å². The number of nitrogens with zero attached hydrogens (tertiary/aromatic N) is 1. The zero-order valence-corrected chi connectivity index (χ0v) is 12.9. The van der Waals surface area contributed by atoms with Crippen LogP contribution in [0.5, 0.6) is 5.75 Å². The monoisotopic (exact) mass is 327 g/mol. The standard InChI is InChI=1S/C15H15F2NO3S/c1-18(10-11-4-3-5-14(6-11)21-2)22(19,20)15-8-12(16)7-13(17)9-15/h3-9H,10H2,1-2H3. The summed E-state index contributed by atoms with van der Waals surface area (Å²) in [6, 6.07) is 9.11. The number of hydrogen-bond donors (Lipinski definition) is 0. The van der Waals surface area contributed by atoms with Crippen molar-refractivity contribution in [2.75, 3.05) is 14.2 Å². The molecule has 0 aliphatic rings. The molecule has 4 nitrogen and oxygen atoms in total. The fourth-order valence-corrected chi connectivity index (χ4v) is 3.17. The van der Waals surface area contributed by atoms with Gasteiger partial charge in [-0.1, -0.05) is 12.1 Å². The van der Waals surface area contributed by atoms with Crippen LogP contribution in [0.4, 0.5) is 8.78 Å². The second-order valence-corrected chi connectivity index (χ2v) is 6.76. The number of methoxy groups -OCH3 is 1. The maximum absolute atomic E-state index is 13.2. The van der Waals surface area contributed by atoms with Crippen LogP contribution >= 0.6 is 0 Å². The van der Waals surface area contributed by atoms with Crippen molar-refractivity contribution < 1.29 is 21.9 Å². The Kier molecular flexibility index (Phi) is 4.77. The first-order valence-corrected chi connectivity index (χ1v) is 7.82. The molecule has 2 aromatic rings. The molecule has 0 atom stereocenters. The maximum Gasteiger partial charge on any atom is 0.243 e. The predicted octanol–water partition coefficient (Wildman–Crippen LogP) is 2.79. The highest BCUT2D eigenvalue weighted by Gasteiger charge is 2.22. The van der Waals surface area contributed by atoms with E-state index in [2.05, 4.69) is 0 Å². The normalized spacial score (nSPS) is 11.7. The molecule has 0 aliphatic carbocycles. The van der Waals surface area contributed by atoms with Gasteiger partial charge >= 0.3 is 0 Å². The van der Waals surface area contributed by atoms with Gasteiger partial charge in [0.1, 0.15) is 17.4 Å². The van der Waals surface area contributed by atoms with Gasteiger partial charge in [-0.05, 0) is 29.8 Å². The lowest BCUT2D eigenvalue weighted by molar-refractivity contribution is 0.412. The Bertz CT molecular complexity index is 758. The molecule has 0 amide bonds. The maximum atomic E-state index is 13.2. The van der Waals surface area contributed by atoms with E-state index >= 15 is 0 Å². The summed E-state index contributed by atoms with van der Waals surface area (Å²) >= 11 is 0. The zero-order valence-electron chi connectivity index (χ0n) is 12.1. The molecule has 0 bridgehead atoms. The quantitative estimate of drug-likeness (QED) is 0.848. The molecule has 0 heterocycles. The van der Waals surface area contributed by atoms with Crippen LogP contribution in [0.15, 0.2) is 47.4 Å². The van der Waals surface area contributed by atoms with E-state index in [9.17, 15) is 17.2 Å². The highest BCUT2D eigenvalue weighted by molar-refractivity contribution is 7.89. The summed E-state index contributed by atoms with van der Waals surface area (Å²) in [6.07, 6.45) is 0. The van der Waals surface area contributed by atoms with Gasteiger partial charge in [-0.25, -0.2) is 17.2 Å². The Morgan fingerprint density at radius 3 is 2.32 bits per heavy atom. The van der Waals surface area contributed by atoms with E-state index in [0.29, 0.717) is 17.4 Å². The summed E-state index contributed by atoms with van der Waals surface area (Å²) in [7, 11) is -1.14. The van der Waals surface area contributed by atoms with Crippen molar-refractivity contribution in [3.05, 3.63) is 59.7 Å². The van der Waals surface area contributed by atoms with Gasteiger partial charge in [-0.15, -0.1) is 0 Å². The van der Waals surface area contributed by atoms with Crippen molar-refractivity contribution in [3.8, 4) is 5.75 Å². The molecule has 0 saturated carbocycles. The van der Waals surface area contributed by atoms with Gasteiger partial charge in [0.2, 0.25) is 10.0 Å². The molecule has 0 unspecified atom stereocenters. The molecule has 0 spiro atoms. The van der Waals surface area contributed by atoms with Gasteiger partial charge in [0, 0.05) is 19.7 Å². The number of sulfonamides is 1. The van der Waals surface area contributed by atoms with Gasteiger partial charge in [-0.2, -0.15) is 4.31 Å². The molecule has 7 heteroatoms. The summed E-state index contributed by atoms with van der Waals surface area (Å²) < 4.78 is 57.2. The molecule has 2 rings (SSSR count). The van der Waals surface area contributed by atoms with Crippen molar-refractivity contribution >= 4 is 10.0 Å². The van der Waals surface area contributed by atoms with Gasteiger partial charge in [0.25, 0.3) is 0 Å². The second kappa shape index (κ2) is 6.41. The summed E-state index contributed by atoms with van der Waals surface area (Å²) in [4.78, 5) is -0.421. The Morgan fingerprint density at radius 1 is 1.09 bits per heavy atom. The van der Waals surface area contributed by atoms with E-state index in [1.165, 1.54) is 14.2 Å². The predicted molar refractivity (Wildman–Crippen MR) is 78.0 cm³/mol. The zero-order chi connectivity index (χ0) is 16.3. The van der Waals surface area contributed by atoms with E-state index in [0.717, 1.165) is 16.4 Å². The lowest BCUT2D eigenvalue weighted by atomic mass is 10.2. The van der Waals surface area contributed by atoms with E-state index in [1.54, 1.807) is 24.3 Å². The van der Waals surface area contributed by atoms with Crippen LogP contribution in [0.25, 0.3) is 0 Å². The number of ether oxygens (including phenoxy) is 1. The minimum atomic E-state index is -3.99. The molecule has 118 valence electrons. The van der Waals surface area contributed by atoms with E-state index in [-0.39, 0.29) is 6.54 Å². The molecular weight excluding hydrogens is 312 g/mol. The van der Waals surface area contributed by atoms with E-state index in [4.69, 9.17) is 4.74 Å². The first kappa shape index (κ1) is 16.4. The first-order chi connectivity index (χ1) is 10.3. The minimum absolute atomic E-state index is 0.0532. The molecule has 0 fully saturated rings. The second-order valence-electron chi connectivity index (χ2n) is 4.72. The number of benzene rings is 2. The van der Waals surface area contributed by atoms with Crippen LogP contribution in [0.3, 0.4) is 0 Å². The average Bonchev–Trinajstić information content (AvgIpc) is 2.46. The lowest BCUT2D eigenvalue weighted by Crippen LogP contribution is -2.26. The fourth-order valence-electron chi connectivity index (χ4n) is 1.97. The third-order valence-electron chi connectivity index (χ3n) is 3.08. The van der Waals surface area contributed by atoms with Gasteiger partial charge < -0.3 is 4.74 Å². The van der Waals surface area contributed by atoms with E-state index < -0.39 is 26.6 Å². The third kappa shape index (κ3) is 3.61. The number of halogens is 2. The Balaban J connectivity index is 2.28. The van der Waals surface area contributed by atoms with Crippen LogP contribution in [-0.2, 0) is 16.6 Å². The molecule has 0 radical (unpaired) electrons. The molecular formula is C15H15F2NO3S. The smallest absolute Gasteiger partial charge is 0.243 e. The van der Waals surface area contributed by atoms with Gasteiger partial charge in [0.15, 0.2) is 0 Å². The SMILES string of the molecule is COc1cccc(CN(C)S(=O)(=O)c2cc(F)cc(F)c2)c1. The van der Waals surface area contributed by atoms with Crippen molar-refractivity contribution in [1.82, 2.24) is 4.31 Å². The molecule has 0 saturated heterocycles. The summed E-state index contributed by atoms with van der Waals surface area (Å²) in [5.41, 5.74) is 0.697. The Labute approximate surface area is 128 Å². The summed E-state index contributed by atoms with van der Waals surface area (Å²) in [5.74, 6) is -1.28. The molecule has 0 N–H and O–H groups in total. The molecule has 0 aliphatic heterocycles. The van der Waals surface area contributed by atoms with Crippen LogP contribution < -0.4 is 4.74 Å². The molecule has 22 heavy (non-hydrogen) atoms. The summed E-state index contributed by atoms with van der Waals surface area (Å²) in [6.45, 7) is 0.0532. The Morgan fingerprint density at radius 2 is 1.73 bits per heavy atom. The van der Waals surface area contributed by atoms with Crippen molar-refractivity contribution in [1.29, 1.82) is 0 Å². The number of rotatable bonds is 5. The van der Waals surface area contributed by atoms with Crippen molar-refractivity contribution in [2.45, 2.75) is 11.4 Å². The summed E-state index contributed by atoms with van der Waals surface area (Å²) in [5, 5.41) is 0. The van der Waals surface area contributed by atoms with Crippen LogP contribution in [0.1, 0.15) is 5.56 Å². The fraction of sp³-hybridized carbons (Fsp3) is 0.200. The van der Waals surface area contributed by atoms with Crippen LogP contribution in [-0.4, -0.2) is 26.9 Å². The first-order valence-electron chi connectivity index (χ1n) is 6.38. The van der Waals surface area contributed by atoms with Crippen LogP contribution in [0.2, 0.25) is 0 Å². The van der Waals surface area contributed by atoms with Crippen LogP contribution in [0, 0.1) is 11.6 Å². The highest BCUT2D eigenvalue weighted by Crippen LogP contribution is 2.20.